The minimum atomic E-state index is 0.123. The SMILES string of the molecule is C=CCC1(C)Nc2ccccc2[C@@]12CCCC[C@@H]2C. The standard InChI is InChI=1S/C18H25N/c1-4-12-17(3)18(13-8-7-9-14(18)2)15-10-5-6-11-16(15)19-17/h4-6,10-11,14,19H,1,7-9,12-13H2,2-3H3/t14-,17?,18-/m0/s1. The van der Waals surface area contributed by atoms with Crippen molar-refractivity contribution >= 4 is 5.69 Å². The van der Waals surface area contributed by atoms with Gasteiger partial charge in [0, 0.05) is 16.6 Å². The number of para-hydroxylation sites is 1. The first kappa shape index (κ1) is 12.8. The van der Waals surface area contributed by atoms with Gasteiger partial charge >= 0.3 is 0 Å². The molecular formula is C18H25N. The van der Waals surface area contributed by atoms with Gasteiger partial charge in [0.2, 0.25) is 0 Å². The van der Waals surface area contributed by atoms with Crippen molar-refractivity contribution in [3.05, 3.63) is 42.5 Å². The van der Waals surface area contributed by atoms with Gasteiger partial charge in [-0.2, -0.15) is 0 Å². The van der Waals surface area contributed by atoms with Crippen LogP contribution in [0.15, 0.2) is 36.9 Å². The Morgan fingerprint density at radius 3 is 2.89 bits per heavy atom. The Balaban J connectivity index is 2.17. The summed E-state index contributed by atoms with van der Waals surface area (Å²) in [5, 5.41) is 3.83. The van der Waals surface area contributed by atoms with Gasteiger partial charge in [0.25, 0.3) is 0 Å². The highest BCUT2D eigenvalue weighted by molar-refractivity contribution is 5.65. The average molecular weight is 255 g/mol. The third kappa shape index (κ3) is 1.60. The maximum absolute atomic E-state index is 4.00. The molecule has 1 fully saturated rings. The van der Waals surface area contributed by atoms with Crippen molar-refractivity contribution in [1.29, 1.82) is 0 Å². The Kier molecular flexibility index (Phi) is 2.96. The van der Waals surface area contributed by atoms with E-state index in [0.29, 0.717) is 0 Å². The number of anilines is 1. The molecule has 1 heteroatoms. The molecule has 1 aliphatic heterocycles. The average Bonchev–Trinajstić information content (AvgIpc) is 2.64. The van der Waals surface area contributed by atoms with Crippen LogP contribution in [0.1, 0.15) is 51.5 Å². The highest BCUT2D eigenvalue weighted by Gasteiger charge is 2.57. The molecule has 0 radical (unpaired) electrons. The molecule has 1 aromatic carbocycles. The Bertz CT molecular complexity index is 492. The zero-order chi connectivity index (χ0) is 13.5. The van der Waals surface area contributed by atoms with Crippen LogP contribution in [0, 0.1) is 5.92 Å². The van der Waals surface area contributed by atoms with Crippen LogP contribution in [-0.4, -0.2) is 5.54 Å². The lowest BCUT2D eigenvalue weighted by Gasteiger charge is -2.50. The molecule has 1 heterocycles. The fourth-order valence-corrected chi connectivity index (χ4v) is 4.78. The van der Waals surface area contributed by atoms with E-state index in [1.54, 1.807) is 5.56 Å². The third-order valence-corrected chi connectivity index (χ3v) is 5.65. The largest absolute Gasteiger partial charge is 0.378 e. The fraction of sp³-hybridized carbons (Fsp3) is 0.556. The summed E-state index contributed by atoms with van der Waals surface area (Å²) in [6.07, 6.45) is 8.52. The molecule has 3 rings (SSSR count). The second kappa shape index (κ2) is 4.40. The molecule has 1 saturated carbocycles. The maximum atomic E-state index is 4.00. The second-order valence-electron chi connectivity index (χ2n) is 6.61. The Hall–Kier alpha value is -1.24. The highest BCUT2D eigenvalue weighted by Crippen LogP contribution is 2.58. The molecule has 0 aromatic heterocycles. The molecule has 2 aliphatic rings. The minimum Gasteiger partial charge on any atom is -0.378 e. The highest BCUT2D eigenvalue weighted by atomic mass is 15.0. The number of benzene rings is 1. The van der Waals surface area contributed by atoms with Crippen LogP contribution in [-0.2, 0) is 5.41 Å². The summed E-state index contributed by atoms with van der Waals surface area (Å²) in [5.74, 6) is 0.738. The molecule has 1 nitrogen and oxygen atoms in total. The van der Waals surface area contributed by atoms with Crippen molar-refractivity contribution < 1.29 is 0 Å². The van der Waals surface area contributed by atoms with E-state index in [9.17, 15) is 0 Å². The van der Waals surface area contributed by atoms with Crippen LogP contribution in [0.5, 0.6) is 0 Å². The van der Waals surface area contributed by atoms with Crippen molar-refractivity contribution in [3.8, 4) is 0 Å². The molecule has 0 amide bonds. The predicted molar refractivity (Wildman–Crippen MR) is 82.6 cm³/mol. The fourth-order valence-electron chi connectivity index (χ4n) is 4.78. The van der Waals surface area contributed by atoms with Crippen molar-refractivity contribution in [2.75, 3.05) is 5.32 Å². The summed E-state index contributed by atoms with van der Waals surface area (Å²) in [5.41, 5.74) is 3.31. The lowest BCUT2D eigenvalue weighted by atomic mass is 9.55. The first-order valence-electron chi connectivity index (χ1n) is 7.63. The molecule has 1 aliphatic carbocycles. The molecule has 1 spiro atoms. The van der Waals surface area contributed by atoms with E-state index < -0.39 is 0 Å². The molecule has 0 saturated heterocycles. The van der Waals surface area contributed by atoms with Gasteiger partial charge in [0.1, 0.15) is 0 Å². The molecule has 19 heavy (non-hydrogen) atoms. The summed E-state index contributed by atoms with van der Waals surface area (Å²) in [6.45, 7) is 8.84. The molecule has 3 atom stereocenters. The molecule has 1 unspecified atom stereocenters. The van der Waals surface area contributed by atoms with Gasteiger partial charge in [0.05, 0.1) is 0 Å². The number of nitrogens with one attached hydrogen (secondary N) is 1. The van der Waals surface area contributed by atoms with E-state index in [1.165, 1.54) is 31.4 Å². The van der Waals surface area contributed by atoms with Gasteiger partial charge in [-0.25, -0.2) is 0 Å². The Morgan fingerprint density at radius 1 is 1.37 bits per heavy atom. The van der Waals surface area contributed by atoms with Gasteiger partial charge in [-0.1, -0.05) is 44.0 Å². The van der Waals surface area contributed by atoms with Gasteiger partial charge in [-0.15, -0.1) is 6.58 Å². The molecule has 1 aromatic rings. The van der Waals surface area contributed by atoms with Crippen molar-refractivity contribution in [2.45, 2.75) is 56.9 Å². The smallest absolute Gasteiger partial charge is 0.0479 e. The molecule has 1 N–H and O–H groups in total. The van der Waals surface area contributed by atoms with Crippen molar-refractivity contribution in [1.82, 2.24) is 0 Å². The van der Waals surface area contributed by atoms with Crippen LogP contribution < -0.4 is 5.32 Å². The molecular weight excluding hydrogens is 230 g/mol. The van der Waals surface area contributed by atoms with Gasteiger partial charge in [-0.05, 0) is 43.7 Å². The van der Waals surface area contributed by atoms with Crippen LogP contribution in [0.3, 0.4) is 0 Å². The van der Waals surface area contributed by atoms with Gasteiger partial charge < -0.3 is 5.32 Å². The minimum absolute atomic E-state index is 0.123. The lowest BCUT2D eigenvalue weighted by Crippen LogP contribution is -2.54. The summed E-state index contributed by atoms with van der Waals surface area (Å²) in [7, 11) is 0. The van der Waals surface area contributed by atoms with Crippen LogP contribution >= 0.6 is 0 Å². The van der Waals surface area contributed by atoms with Crippen molar-refractivity contribution in [3.63, 3.8) is 0 Å². The second-order valence-corrected chi connectivity index (χ2v) is 6.61. The molecule has 102 valence electrons. The van der Waals surface area contributed by atoms with E-state index in [-0.39, 0.29) is 11.0 Å². The van der Waals surface area contributed by atoms with E-state index in [4.69, 9.17) is 0 Å². The van der Waals surface area contributed by atoms with Crippen LogP contribution in [0.25, 0.3) is 0 Å². The zero-order valence-corrected chi connectivity index (χ0v) is 12.2. The number of rotatable bonds is 2. The van der Waals surface area contributed by atoms with E-state index in [1.807, 2.05) is 0 Å². The van der Waals surface area contributed by atoms with E-state index >= 15 is 0 Å². The predicted octanol–water partition coefficient (Wildman–Crippen LogP) is 4.89. The third-order valence-electron chi connectivity index (χ3n) is 5.65. The zero-order valence-electron chi connectivity index (χ0n) is 12.2. The quantitative estimate of drug-likeness (QED) is 0.741. The Morgan fingerprint density at radius 2 is 2.16 bits per heavy atom. The summed E-state index contributed by atoms with van der Waals surface area (Å²) < 4.78 is 0. The number of hydrogen-bond acceptors (Lipinski definition) is 1. The first-order chi connectivity index (χ1) is 9.14. The first-order valence-corrected chi connectivity index (χ1v) is 7.63. The summed E-state index contributed by atoms with van der Waals surface area (Å²) in [4.78, 5) is 0. The number of hydrogen-bond donors (Lipinski definition) is 1. The normalized spacial score (nSPS) is 36.8. The van der Waals surface area contributed by atoms with E-state index in [0.717, 1.165) is 12.3 Å². The molecule has 0 bridgehead atoms. The summed E-state index contributed by atoms with van der Waals surface area (Å²) >= 11 is 0. The maximum Gasteiger partial charge on any atom is 0.0479 e. The summed E-state index contributed by atoms with van der Waals surface area (Å²) in [6, 6.07) is 8.93. The van der Waals surface area contributed by atoms with Crippen molar-refractivity contribution in [2.24, 2.45) is 5.92 Å². The topological polar surface area (TPSA) is 12.0 Å². The van der Waals surface area contributed by atoms with Crippen LogP contribution in [0.2, 0.25) is 0 Å². The van der Waals surface area contributed by atoms with E-state index in [2.05, 4.69) is 56.1 Å². The Labute approximate surface area is 117 Å². The van der Waals surface area contributed by atoms with Gasteiger partial charge in [-0.3, -0.25) is 0 Å². The van der Waals surface area contributed by atoms with Crippen LogP contribution in [0.4, 0.5) is 5.69 Å². The lowest BCUT2D eigenvalue weighted by molar-refractivity contribution is 0.130. The number of fused-ring (bicyclic) bond motifs is 2. The van der Waals surface area contributed by atoms with Gasteiger partial charge in [0.15, 0.2) is 0 Å². The monoisotopic (exact) mass is 255 g/mol.